The Bertz CT molecular complexity index is 272. The summed E-state index contributed by atoms with van der Waals surface area (Å²) < 4.78 is 5.28. The Morgan fingerprint density at radius 1 is 1.25 bits per heavy atom. The van der Waals surface area contributed by atoms with Crippen LogP contribution >= 0.6 is 0 Å². The first-order valence-electron chi connectivity index (χ1n) is 6.01. The highest BCUT2D eigenvalue weighted by Gasteiger charge is 2.42. The third kappa shape index (κ3) is 2.48. The summed E-state index contributed by atoms with van der Waals surface area (Å²) in [6, 6.07) is 0. The lowest BCUT2D eigenvalue weighted by atomic mass is 9.71. The summed E-state index contributed by atoms with van der Waals surface area (Å²) >= 11 is 0. The lowest BCUT2D eigenvalue weighted by molar-refractivity contribution is -0.0495. The first-order valence-corrected chi connectivity index (χ1v) is 6.01. The van der Waals surface area contributed by atoms with Gasteiger partial charge in [0.1, 0.15) is 5.60 Å². The lowest BCUT2D eigenvalue weighted by Gasteiger charge is -2.47. The maximum atomic E-state index is 11.6. The second-order valence-electron chi connectivity index (χ2n) is 6.03. The monoisotopic (exact) mass is 227 g/mol. The summed E-state index contributed by atoms with van der Waals surface area (Å²) in [7, 11) is 0. The van der Waals surface area contributed by atoms with Crippen molar-refractivity contribution in [3.05, 3.63) is 0 Å². The Labute approximate surface area is 96.6 Å². The van der Waals surface area contributed by atoms with Crippen LogP contribution in [-0.2, 0) is 4.74 Å². The van der Waals surface area contributed by atoms with Gasteiger partial charge in [-0.05, 0) is 45.4 Å². The smallest absolute Gasteiger partial charge is 0.410 e. The van der Waals surface area contributed by atoms with E-state index in [4.69, 9.17) is 4.74 Å². The molecular weight excluding hydrogens is 206 g/mol. The van der Waals surface area contributed by atoms with Crippen molar-refractivity contribution in [2.45, 2.75) is 45.3 Å². The van der Waals surface area contributed by atoms with Gasteiger partial charge in [-0.15, -0.1) is 0 Å². The number of aliphatic hydroxyl groups is 1. The zero-order valence-electron chi connectivity index (χ0n) is 10.3. The Kier molecular flexibility index (Phi) is 2.86. The quantitative estimate of drug-likeness (QED) is 0.740. The molecule has 16 heavy (non-hydrogen) atoms. The van der Waals surface area contributed by atoms with E-state index in [2.05, 4.69) is 0 Å². The Morgan fingerprint density at radius 3 is 2.25 bits per heavy atom. The summed E-state index contributed by atoms with van der Waals surface area (Å²) in [5, 5.41) is 9.21. The third-order valence-electron chi connectivity index (χ3n) is 3.38. The Hall–Kier alpha value is -0.770. The molecule has 1 N–H and O–H groups in total. The number of likely N-dealkylation sites (tertiary alicyclic amines) is 1. The second kappa shape index (κ2) is 3.91. The van der Waals surface area contributed by atoms with Crippen LogP contribution in [0.15, 0.2) is 0 Å². The van der Waals surface area contributed by atoms with Gasteiger partial charge in [0.05, 0.1) is 6.10 Å². The molecule has 1 saturated carbocycles. The molecule has 92 valence electrons. The topological polar surface area (TPSA) is 49.8 Å². The molecule has 4 nitrogen and oxygen atoms in total. The van der Waals surface area contributed by atoms with E-state index < -0.39 is 5.60 Å². The van der Waals surface area contributed by atoms with E-state index >= 15 is 0 Å². The molecule has 2 fully saturated rings. The van der Waals surface area contributed by atoms with Gasteiger partial charge >= 0.3 is 6.09 Å². The van der Waals surface area contributed by atoms with Crippen LogP contribution < -0.4 is 0 Å². The highest BCUT2D eigenvalue weighted by Crippen LogP contribution is 2.38. The van der Waals surface area contributed by atoms with Gasteiger partial charge in [-0.25, -0.2) is 4.79 Å². The van der Waals surface area contributed by atoms with Gasteiger partial charge in [0.15, 0.2) is 0 Å². The molecule has 1 aliphatic heterocycles. The molecule has 0 spiro atoms. The van der Waals surface area contributed by atoms with E-state index in [-0.39, 0.29) is 12.2 Å². The predicted octanol–water partition coefficient (Wildman–Crippen LogP) is 1.62. The minimum absolute atomic E-state index is 0.0967. The fourth-order valence-electron chi connectivity index (χ4n) is 2.30. The number of rotatable bonds is 1. The van der Waals surface area contributed by atoms with Crippen molar-refractivity contribution in [1.29, 1.82) is 0 Å². The molecule has 0 radical (unpaired) electrons. The van der Waals surface area contributed by atoms with Crippen LogP contribution in [0.4, 0.5) is 4.79 Å². The SMILES string of the molecule is CC(C)(C)OC(=O)N1CC(C2CC(O)C2)C1. The fraction of sp³-hybridized carbons (Fsp3) is 0.917. The molecular formula is C12H21NO3. The maximum Gasteiger partial charge on any atom is 0.410 e. The van der Waals surface area contributed by atoms with E-state index in [9.17, 15) is 9.90 Å². The first-order chi connectivity index (χ1) is 7.35. The molecule has 0 aromatic carbocycles. The van der Waals surface area contributed by atoms with Gasteiger partial charge in [-0.3, -0.25) is 0 Å². The van der Waals surface area contributed by atoms with Gasteiger partial charge in [-0.1, -0.05) is 0 Å². The van der Waals surface area contributed by atoms with Crippen molar-refractivity contribution in [3.63, 3.8) is 0 Å². The van der Waals surface area contributed by atoms with Crippen LogP contribution in [0.25, 0.3) is 0 Å². The molecule has 2 rings (SSSR count). The molecule has 0 unspecified atom stereocenters. The average Bonchev–Trinajstić information content (AvgIpc) is 1.94. The van der Waals surface area contributed by atoms with Gasteiger partial charge in [0.25, 0.3) is 0 Å². The Morgan fingerprint density at radius 2 is 1.81 bits per heavy atom. The Balaban J connectivity index is 1.70. The molecule has 2 aliphatic rings. The summed E-state index contributed by atoms with van der Waals surface area (Å²) in [5.74, 6) is 1.20. The van der Waals surface area contributed by atoms with Gasteiger partial charge in [0.2, 0.25) is 0 Å². The summed E-state index contributed by atoms with van der Waals surface area (Å²) in [5.41, 5.74) is -0.408. The third-order valence-corrected chi connectivity index (χ3v) is 3.38. The molecule has 0 bridgehead atoms. The van der Waals surface area contributed by atoms with Crippen molar-refractivity contribution in [2.75, 3.05) is 13.1 Å². The zero-order chi connectivity index (χ0) is 11.9. The molecule has 1 amide bonds. The molecule has 0 aromatic heterocycles. The van der Waals surface area contributed by atoms with Crippen molar-refractivity contribution < 1.29 is 14.6 Å². The molecule has 0 aromatic rings. The average molecular weight is 227 g/mol. The first kappa shape index (κ1) is 11.7. The number of hydrogen-bond acceptors (Lipinski definition) is 3. The summed E-state index contributed by atoms with van der Waals surface area (Å²) in [4.78, 5) is 13.4. The van der Waals surface area contributed by atoms with Crippen LogP contribution in [0.2, 0.25) is 0 Å². The summed E-state index contributed by atoms with van der Waals surface area (Å²) in [6.45, 7) is 7.23. The highest BCUT2D eigenvalue weighted by molar-refractivity contribution is 5.69. The number of aliphatic hydroxyl groups excluding tert-OH is 1. The summed E-state index contributed by atoms with van der Waals surface area (Å²) in [6.07, 6.45) is 1.52. The standard InChI is InChI=1S/C12H21NO3/c1-12(2,3)16-11(15)13-6-9(7-13)8-4-10(14)5-8/h8-10,14H,4-7H2,1-3H3. The fourth-order valence-corrected chi connectivity index (χ4v) is 2.30. The van der Waals surface area contributed by atoms with Crippen LogP contribution in [0.1, 0.15) is 33.6 Å². The number of amides is 1. The molecule has 0 atom stereocenters. The van der Waals surface area contributed by atoms with Gasteiger partial charge in [0, 0.05) is 13.1 Å². The van der Waals surface area contributed by atoms with E-state index in [0.29, 0.717) is 11.8 Å². The number of carbonyl (C=O) groups excluding carboxylic acids is 1. The van der Waals surface area contributed by atoms with Crippen molar-refractivity contribution in [2.24, 2.45) is 11.8 Å². The van der Waals surface area contributed by atoms with E-state index in [1.54, 1.807) is 4.90 Å². The van der Waals surface area contributed by atoms with Gasteiger partial charge < -0.3 is 14.7 Å². The second-order valence-corrected chi connectivity index (χ2v) is 6.03. The molecule has 1 heterocycles. The van der Waals surface area contributed by atoms with Crippen molar-refractivity contribution >= 4 is 6.09 Å². The van der Waals surface area contributed by atoms with Crippen LogP contribution in [0, 0.1) is 11.8 Å². The van der Waals surface area contributed by atoms with Crippen LogP contribution in [0.3, 0.4) is 0 Å². The number of hydrogen-bond donors (Lipinski definition) is 1. The minimum Gasteiger partial charge on any atom is -0.444 e. The normalized spacial score (nSPS) is 30.6. The lowest BCUT2D eigenvalue weighted by Crippen LogP contribution is -2.56. The minimum atomic E-state index is -0.408. The highest BCUT2D eigenvalue weighted by atomic mass is 16.6. The van der Waals surface area contributed by atoms with Crippen molar-refractivity contribution in [1.82, 2.24) is 4.90 Å². The van der Waals surface area contributed by atoms with Crippen LogP contribution in [0.5, 0.6) is 0 Å². The molecule has 1 aliphatic carbocycles. The number of nitrogens with zero attached hydrogens (tertiary/aromatic N) is 1. The van der Waals surface area contributed by atoms with E-state index in [0.717, 1.165) is 25.9 Å². The molecule has 1 saturated heterocycles. The van der Waals surface area contributed by atoms with Crippen molar-refractivity contribution in [3.8, 4) is 0 Å². The molecule has 4 heteroatoms. The zero-order valence-corrected chi connectivity index (χ0v) is 10.3. The van der Waals surface area contributed by atoms with Crippen LogP contribution in [-0.4, -0.2) is 40.9 Å². The van der Waals surface area contributed by atoms with E-state index in [1.165, 1.54) is 0 Å². The van der Waals surface area contributed by atoms with E-state index in [1.807, 2.05) is 20.8 Å². The predicted molar refractivity (Wildman–Crippen MR) is 60.0 cm³/mol. The maximum absolute atomic E-state index is 11.6. The largest absolute Gasteiger partial charge is 0.444 e. The van der Waals surface area contributed by atoms with Gasteiger partial charge in [-0.2, -0.15) is 0 Å². The number of carbonyl (C=O) groups is 1. The number of ether oxygens (including phenoxy) is 1.